The number of hydrogen-bond donors (Lipinski definition) is 2. The first-order valence-electron chi connectivity index (χ1n) is 5.95. The number of carboxylic acids is 1. The second-order valence-corrected chi connectivity index (χ2v) is 5.41. The van der Waals surface area contributed by atoms with Crippen molar-refractivity contribution in [1.29, 1.82) is 0 Å². The average Bonchev–Trinajstić information content (AvgIpc) is 2.44. The molecule has 1 unspecified atom stereocenters. The molecule has 3 heteroatoms. The molecule has 0 bridgehead atoms. The van der Waals surface area contributed by atoms with E-state index in [2.05, 4.69) is 19.2 Å². The van der Waals surface area contributed by atoms with Crippen LogP contribution < -0.4 is 5.32 Å². The first kappa shape index (κ1) is 12.5. The molecule has 1 fully saturated rings. The van der Waals surface area contributed by atoms with Crippen LogP contribution in [0.2, 0.25) is 0 Å². The van der Waals surface area contributed by atoms with Gasteiger partial charge in [-0.2, -0.15) is 0 Å². The number of rotatable bonds is 6. The second-order valence-electron chi connectivity index (χ2n) is 5.41. The van der Waals surface area contributed by atoms with Crippen LogP contribution in [-0.4, -0.2) is 23.7 Å². The smallest absolute Gasteiger partial charge is 0.303 e. The molecule has 0 aromatic carbocycles. The van der Waals surface area contributed by atoms with Gasteiger partial charge in [-0.15, -0.1) is 0 Å². The lowest BCUT2D eigenvalue weighted by Crippen LogP contribution is -2.28. The fraction of sp³-hybridized carbons (Fsp3) is 0.917. The van der Waals surface area contributed by atoms with Gasteiger partial charge in [0.2, 0.25) is 0 Å². The number of unbranched alkanes of at least 4 members (excludes halogenated alkanes) is 1. The van der Waals surface area contributed by atoms with Crippen molar-refractivity contribution in [2.75, 3.05) is 6.54 Å². The molecule has 1 atom stereocenters. The maximum absolute atomic E-state index is 10.3. The van der Waals surface area contributed by atoms with Gasteiger partial charge in [0.1, 0.15) is 0 Å². The summed E-state index contributed by atoms with van der Waals surface area (Å²) < 4.78 is 0. The lowest BCUT2D eigenvalue weighted by Gasteiger charge is -2.17. The molecule has 0 heterocycles. The molecule has 0 aliphatic heterocycles. The number of aliphatic carboxylic acids is 1. The van der Waals surface area contributed by atoms with E-state index in [9.17, 15) is 4.79 Å². The van der Waals surface area contributed by atoms with E-state index in [1.165, 1.54) is 19.3 Å². The Morgan fingerprint density at radius 2 is 2.20 bits per heavy atom. The number of nitrogens with one attached hydrogen (secondary N) is 1. The van der Waals surface area contributed by atoms with Crippen LogP contribution in [0.25, 0.3) is 0 Å². The largest absolute Gasteiger partial charge is 0.481 e. The van der Waals surface area contributed by atoms with Crippen molar-refractivity contribution in [3.05, 3.63) is 0 Å². The molecule has 0 spiro atoms. The molecule has 2 N–H and O–H groups in total. The predicted molar refractivity (Wildman–Crippen MR) is 60.9 cm³/mol. The zero-order chi connectivity index (χ0) is 11.3. The third-order valence-corrected chi connectivity index (χ3v) is 3.22. The normalized spacial score (nSPS) is 24.3. The van der Waals surface area contributed by atoms with Crippen LogP contribution in [0.15, 0.2) is 0 Å². The molecule has 1 saturated carbocycles. The Labute approximate surface area is 92.3 Å². The van der Waals surface area contributed by atoms with Gasteiger partial charge in [0.15, 0.2) is 0 Å². The van der Waals surface area contributed by atoms with Crippen molar-refractivity contribution < 1.29 is 9.90 Å². The highest BCUT2D eigenvalue weighted by molar-refractivity contribution is 5.66. The van der Waals surface area contributed by atoms with E-state index in [0.29, 0.717) is 17.9 Å². The van der Waals surface area contributed by atoms with Gasteiger partial charge >= 0.3 is 5.97 Å². The highest BCUT2D eigenvalue weighted by Crippen LogP contribution is 2.36. The van der Waals surface area contributed by atoms with Crippen LogP contribution in [0.3, 0.4) is 0 Å². The van der Waals surface area contributed by atoms with Gasteiger partial charge < -0.3 is 10.4 Å². The van der Waals surface area contributed by atoms with Crippen molar-refractivity contribution in [3.63, 3.8) is 0 Å². The zero-order valence-corrected chi connectivity index (χ0v) is 9.88. The van der Waals surface area contributed by atoms with Gasteiger partial charge in [-0.25, -0.2) is 0 Å². The molecule has 0 radical (unpaired) electrons. The van der Waals surface area contributed by atoms with Crippen molar-refractivity contribution in [3.8, 4) is 0 Å². The van der Waals surface area contributed by atoms with Gasteiger partial charge in [0.25, 0.3) is 0 Å². The highest BCUT2D eigenvalue weighted by Gasteiger charge is 2.30. The van der Waals surface area contributed by atoms with Crippen molar-refractivity contribution in [1.82, 2.24) is 5.32 Å². The van der Waals surface area contributed by atoms with Crippen LogP contribution in [-0.2, 0) is 4.79 Å². The lowest BCUT2D eigenvalue weighted by atomic mass is 9.92. The molecule has 0 saturated heterocycles. The molecule has 3 nitrogen and oxygen atoms in total. The SMILES string of the molecule is CC1(C)CCC(NCCCCC(=O)O)C1. The van der Waals surface area contributed by atoms with E-state index in [1.54, 1.807) is 0 Å². The van der Waals surface area contributed by atoms with Crippen LogP contribution >= 0.6 is 0 Å². The summed E-state index contributed by atoms with van der Waals surface area (Å²) in [5.74, 6) is -0.683. The van der Waals surface area contributed by atoms with Gasteiger partial charge in [0, 0.05) is 12.5 Å². The van der Waals surface area contributed by atoms with Crippen molar-refractivity contribution in [2.45, 2.75) is 58.4 Å². The maximum atomic E-state index is 10.3. The summed E-state index contributed by atoms with van der Waals surface area (Å²) in [5, 5.41) is 12.0. The minimum absolute atomic E-state index is 0.303. The summed E-state index contributed by atoms with van der Waals surface area (Å²) in [6.07, 6.45) is 5.90. The minimum atomic E-state index is -0.683. The molecule has 0 aromatic heterocycles. The monoisotopic (exact) mass is 213 g/mol. The Hall–Kier alpha value is -0.570. The van der Waals surface area contributed by atoms with Crippen molar-refractivity contribution in [2.24, 2.45) is 5.41 Å². The van der Waals surface area contributed by atoms with Crippen LogP contribution in [0.4, 0.5) is 0 Å². The van der Waals surface area contributed by atoms with Gasteiger partial charge in [-0.1, -0.05) is 13.8 Å². The molecule has 1 aliphatic carbocycles. The zero-order valence-electron chi connectivity index (χ0n) is 9.88. The molecular formula is C12H23NO2. The number of carbonyl (C=O) groups is 1. The standard InChI is InChI=1S/C12H23NO2/c1-12(2)7-6-10(9-12)13-8-4-3-5-11(14)15/h10,13H,3-9H2,1-2H3,(H,14,15). The summed E-state index contributed by atoms with van der Waals surface area (Å²) in [7, 11) is 0. The molecular weight excluding hydrogens is 190 g/mol. The minimum Gasteiger partial charge on any atom is -0.481 e. The molecule has 15 heavy (non-hydrogen) atoms. The van der Waals surface area contributed by atoms with E-state index < -0.39 is 5.97 Å². The third kappa shape index (κ3) is 5.17. The van der Waals surface area contributed by atoms with E-state index in [0.717, 1.165) is 19.4 Å². The van der Waals surface area contributed by atoms with Gasteiger partial charge in [-0.3, -0.25) is 4.79 Å². The van der Waals surface area contributed by atoms with Gasteiger partial charge in [0.05, 0.1) is 0 Å². The molecule has 0 aromatic rings. The van der Waals surface area contributed by atoms with Crippen LogP contribution in [0.1, 0.15) is 52.4 Å². The number of hydrogen-bond acceptors (Lipinski definition) is 2. The summed E-state index contributed by atoms with van der Waals surface area (Å²) in [5.41, 5.74) is 0.499. The third-order valence-electron chi connectivity index (χ3n) is 3.22. The van der Waals surface area contributed by atoms with E-state index in [4.69, 9.17) is 5.11 Å². The topological polar surface area (TPSA) is 49.3 Å². The lowest BCUT2D eigenvalue weighted by molar-refractivity contribution is -0.137. The number of carboxylic acid groups (broad SMARTS) is 1. The summed E-state index contributed by atoms with van der Waals surface area (Å²) >= 11 is 0. The molecule has 1 aliphatic rings. The second kappa shape index (κ2) is 5.50. The fourth-order valence-corrected chi connectivity index (χ4v) is 2.32. The van der Waals surface area contributed by atoms with E-state index in [-0.39, 0.29) is 0 Å². The average molecular weight is 213 g/mol. The predicted octanol–water partition coefficient (Wildman–Crippen LogP) is 2.41. The quantitative estimate of drug-likeness (QED) is 0.666. The molecule has 88 valence electrons. The molecule has 0 amide bonds. The Morgan fingerprint density at radius 1 is 1.47 bits per heavy atom. The van der Waals surface area contributed by atoms with Crippen molar-refractivity contribution >= 4 is 5.97 Å². The van der Waals surface area contributed by atoms with Crippen LogP contribution in [0, 0.1) is 5.41 Å². The first-order chi connectivity index (χ1) is 6.99. The first-order valence-corrected chi connectivity index (χ1v) is 5.95. The Morgan fingerprint density at radius 3 is 2.73 bits per heavy atom. The fourth-order valence-electron chi connectivity index (χ4n) is 2.32. The van der Waals surface area contributed by atoms with Crippen LogP contribution in [0.5, 0.6) is 0 Å². The van der Waals surface area contributed by atoms with E-state index in [1.807, 2.05) is 0 Å². The Kier molecular flexibility index (Phi) is 4.58. The summed E-state index contributed by atoms with van der Waals surface area (Å²) in [6, 6.07) is 0.657. The molecule has 1 rings (SSSR count). The summed E-state index contributed by atoms with van der Waals surface area (Å²) in [4.78, 5) is 10.3. The van der Waals surface area contributed by atoms with E-state index >= 15 is 0 Å². The highest BCUT2D eigenvalue weighted by atomic mass is 16.4. The maximum Gasteiger partial charge on any atom is 0.303 e. The Balaban J connectivity index is 1.99. The van der Waals surface area contributed by atoms with Gasteiger partial charge in [-0.05, 0) is 44.1 Å². The summed E-state index contributed by atoms with van der Waals surface area (Å²) in [6.45, 7) is 5.60. The Bertz CT molecular complexity index is 214.